The summed E-state index contributed by atoms with van der Waals surface area (Å²) < 4.78 is 0. The number of aromatic nitrogens is 1. The van der Waals surface area contributed by atoms with Crippen molar-refractivity contribution in [1.82, 2.24) is 10.3 Å². The standard InChI is InChI=1S/C17H27N3/c1-12(2)18-10-16-14(4)9-15(5)19-17(16)20-8-6-7-13(3)11-20/h7,9,12,18H,6,8,10-11H2,1-5H3. The lowest BCUT2D eigenvalue weighted by Gasteiger charge is -2.30. The summed E-state index contributed by atoms with van der Waals surface area (Å²) in [7, 11) is 0. The molecule has 1 aromatic heterocycles. The Bertz CT molecular complexity index is 503. The molecule has 0 amide bonds. The van der Waals surface area contributed by atoms with Gasteiger partial charge in [0.1, 0.15) is 5.82 Å². The lowest BCUT2D eigenvalue weighted by Crippen LogP contribution is -2.32. The quantitative estimate of drug-likeness (QED) is 0.853. The van der Waals surface area contributed by atoms with E-state index in [9.17, 15) is 0 Å². The number of hydrogen-bond donors (Lipinski definition) is 1. The van der Waals surface area contributed by atoms with Gasteiger partial charge >= 0.3 is 0 Å². The zero-order valence-corrected chi connectivity index (χ0v) is 13.5. The first-order valence-electron chi connectivity index (χ1n) is 7.58. The molecule has 1 aliphatic rings. The van der Waals surface area contributed by atoms with Gasteiger partial charge in [0.15, 0.2) is 0 Å². The fraction of sp³-hybridized carbons (Fsp3) is 0.588. The van der Waals surface area contributed by atoms with E-state index in [0.29, 0.717) is 6.04 Å². The summed E-state index contributed by atoms with van der Waals surface area (Å²) in [4.78, 5) is 7.25. The molecule has 2 heterocycles. The summed E-state index contributed by atoms with van der Waals surface area (Å²) in [6, 6.07) is 2.68. The Balaban J connectivity index is 2.32. The molecule has 0 saturated heterocycles. The number of rotatable bonds is 4. The molecule has 0 saturated carbocycles. The van der Waals surface area contributed by atoms with Crippen molar-refractivity contribution in [3.05, 3.63) is 34.5 Å². The van der Waals surface area contributed by atoms with Crippen LogP contribution >= 0.6 is 0 Å². The van der Waals surface area contributed by atoms with Crippen LogP contribution in [0.1, 0.15) is 44.0 Å². The Hall–Kier alpha value is -1.35. The van der Waals surface area contributed by atoms with Crippen LogP contribution in [0.2, 0.25) is 0 Å². The minimum absolute atomic E-state index is 0.492. The van der Waals surface area contributed by atoms with Crippen LogP contribution in [0.25, 0.3) is 0 Å². The van der Waals surface area contributed by atoms with Crippen molar-refractivity contribution in [2.24, 2.45) is 0 Å². The van der Waals surface area contributed by atoms with E-state index in [1.165, 1.54) is 22.5 Å². The molecule has 0 fully saturated rings. The minimum atomic E-state index is 0.492. The van der Waals surface area contributed by atoms with E-state index >= 15 is 0 Å². The zero-order chi connectivity index (χ0) is 14.7. The molecule has 1 aliphatic heterocycles. The molecule has 0 spiro atoms. The Morgan fingerprint density at radius 3 is 2.70 bits per heavy atom. The van der Waals surface area contributed by atoms with Gasteiger partial charge in [-0.3, -0.25) is 0 Å². The number of nitrogens with zero attached hydrogens (tertiary/aromatic N) is 2. The predicted molar refractivity (Wildman–Crippen MR) is 86.3 cm³/mol. The minimum Gasteiger partial charge on any atom is -0.352 e. The van der Waals surface area contributed by atoms with E-state index in [2.05, 4.69) is 57.0 Å². The van der Waals surface area contributed by atoms with Crippen molar-refractivity contribution in [3.63, 3.8) is 0 Å². The summed E-state index contributed by atoms with van der Waals surface area (Å²) in [5, 5.41) is 3.53. The Morgan fingerprint density at radius 2 is 2.05 bits per heavy atom. The first kappa shape index (κ1) is 15.0. The van der Waals surface area contributed by atoms with E-state index in [1.54, 1.807) is 0 Å². The van der Waals surface area contributed by atoms with Crippen molar-refractivity contribution in [2.75, 3.05) is 18.0 Å². The summed E-state index contributed by atoms with van der Waals surface area (Å²) in [5.74, 6) is 1.17. The van der Waals surface area contributed by atoms with E-state index in [-0.39, 0.29) is 0 Å². The van der Waals surface area contributed by atoms with Crippen LogP contribution in [0.15, 0.2) is 17.7 Å². The Labute approximate surface area is 123 Å². The van der Waals surface area contributed by atoms with Crippen LogP contribution < -0.4 is 10.2 Å². The van der Waals surface area contributed by atoms with Gasteiger partial charge in [-0.05, 0) is 38.8 Å². The molecule has 3 heteroatoms. The van der Waals surface area contributed by atoms with Gasteiger partial charge in [0, 0.05) is 36.9 Å². The molecule has 0 aliphatic carbocycles. The lowest BCUT2D eigenvalue weighted by molar-refractivity contribution is 0.584. The van der Waals surface area contributed by atoms with Gasteiger partial charge in [-0.25, -0.2) is 4.98 Å². The topological polar surface area (TPSA) is 28.2 Å². The Morgan fingerprint density at radius 1 is 1.30 bits per heavy atom. The van der Waals surface area contributed by atoms with Crippen molar-refractivity contribution in [1.29, 1.82) is 0 Å². The molecular weight excluding hydrogens is 246 g/mol. The molecule has 1 aromatic rings. The molecule has 3 nitrogen and oxygen atoms in total. The molecule has 0 radical (unpaired) electrons. The molecule has 0 unspecified atom stereocenters. The predicted octanol–water partition coefficient (Wildman–Crippen LogP) is 3.35. The second-order valence-corrected chi connectivity index (χ2v) is 6.18. The van der Waals surface area contributed by atoms with E-state index in [1.807, 2.05) is 0 Å². The Kier molecular flexibility index (Phi) is 4.81. The average Bonchev–Trinajstić information content (AvgIpc) is 2.36. The first-order chi connectivity index (χ1) is 9.47. The van der Waals surface area contributed by atoms with Crippen LogP contribution in [0.3, 0.4) is 0 Å². The number of hydrogen-bond acceptors (Lipinski definition) is 3. The van der Waals surface area contributed by atoms with Crippen LogP contribution in [0, 0.1) is 13.8 Å². The fourth-order valence-electron chi connectivity index (χ4n) is 2.72. The number of pyridine rings is 1. The molecule has 0 aromatic carbocycles. The van der Waals surface area contributed by atoms with Gasteiger partial charge < -0.3 is 10.2 Å². The van der Waals surface area contributed by atoms with Crippen LogP contribution in [0.5, 0.6) is 0 Å². The number of aryl methyl sites for hydroxylation is 2. The van der Waals surface area contributed by atoms with Gasteiger partial charge in [0.2, 0.25) is 0 Å². The molecule has 20 heavy (non-hydrogen) atoms. The summed E-state index contributed by atoms with van der Waals surface area (Å²) in [5.41, 5.74) is 5.24. The van der Waals surface area contributed by atoms with Gasteiger partial charge in [0.05, 0.1) is 0 Å². The molecule has 0 bridgehead atoms. The molecule has 2 rings (SSSR count). The van der Waals surface area contributed by atoms with Crippen molar-refractivity contribution in [2.45, 2.75) is 53.6 Å². The second kappa shape index (κ2) is 6.40. The highest BCUT2D eigenvalue weighted by Gasteiger charge is 2.18. The van der Waals surface area contributed by atoms with Crippen LogP contribution in [-0.2, 0) is 6.54 Å². The molecule has 1 N–H and O–H groups in total. The monoisotopic (exact) mass is 273 g/mol. The fourth-order valence-corrected chi connectivity index (χ4v) is 2.72. The van der Waals surface area contributed by atoms with Gasteiger partial charge in [0.25, 0.3) is 0 Å². The number of anilines is 1. The third-order valence-corrected chi connectivity index (χ3v) is 3.77. The highest BCUT2D eigenvalue weighted by molar-refractivity contribution is 5.53. The van der Waals surface area contributed by atoms with Crippen LogP contribution in [0.4, 0.5) is 5.82 Å². The largest absolute Gasteiger partial charge is 0.352 e. The van der Waals surface area contributed by atoms with E-state index in [0.717, 1.165) is 31.7 Å². The van der Waals surface area contributed by atoms with E-state index < -0.39 is 0 Å². The smallest absolute Gasteiger partial charge is 0.133 e. The summed E-state index contributed by atoms with van der Waals surface area (Å²) >= 11 is 0. The third kappa shape index (κ3) is 3.60. The normalized spacial score (nSPS) is 15.7. The van der Waals surface area contributed by atoms with Gasteiger partial charge in [-0.1, -0.05) is 25.5 Å². The van der Waals surface area contributed by atoms with E-state index in [4.69, 9.17) is 4.98 Å². The summed E-state index contributed by atoms with van der Waals surface area (Å²) in [6.45, 7) is 13.8. The number of nitrogens with one attached hydrogen (secondary N) is 1. The van der Waals surface area contributed by atoms with Crippen molar-refractivity contribution < 1.29 is 0 Å². The highest BCUT2D eigenvalue weighted by Crippen LogP contribution is 2.25. The maximum absolute atomic E-state index is 4.83. The van der Waals surface area contributed by atoms with Gasteiger partial charge in [-0.2, -0.15) is 0 Å². The molecule has 110 valence electrons. The average molecular weight is 273 g/mol. The van der Waals surface area contributed by atoms with Crippen LogP contribution in [-0.4, -0.2) is 24.1 Å². The maximum Gasteiger partial charge on any atom is 0.133 e. The second-order valence-electron chi connectivity index (χ2n) is 6.18. The van der Waals surface area contributed by atoms with Crippen molar-refractivity contribution >= 4 is 5.82 Å². The van der Waals surface area contributed by atoms with Crippen molar-refractivity contribution in [3.8, 4) is 0 Å². The zero-order valence-electron chi connectivity index (χ0n) is 13.5. The molecule has 0 atom stereocenters. The summed E-state index contributed by atoms with van der Waals surface area (Å²) in [6.07, 6.45) is 3.46. The maximum atomic E-state index is 4.83. The SMILES string of the molecule is CC1=CCCN(c2nc(C)cc(C)c2CNC(C)C)C1. The molecular formula is C17H27N3. The third-order valence-electron chi connectivity index (χ3n) is 3.77. The first-order valence-corrected chi connectivity index (χ1v) is 7.58. The van der Waals surface area contributed by atoms with Gasteiger partial charge in [-0.15, -0.1) is 0 Å². The highest BCUT2D eigenvalue weighted by atomic mass is 15.2. The lowest BCUT2D eigenvalue weighted by atomic mass is 10.1.